The Hall–Kier alpha value is -0.970. The van der Waals surface area contributed by atoms with Crippen LogP contribution in [0.2, 0.25) is 0 Å². The van der Waals surface area contributed by atoms with Crippen molar-refractivity contribution in [2.45, 2.75) is 19.8 Å². The van der Waals surface area contributed by atoms with Gasteiger partial charge in [-0.1, -0.05) is 19.1 Å². The number of nitrogens with zero attached hydrogens (tertiary/aromatic N) is 1. The van der Waals surface area contributed by atoms with E-state index in [0.29, 0.717) is 6.54 Å². The highest BCUT2D eigenvalue weighted by molar-refractivity contribution is 5.95. The van der Waals surface area contributed by atoms with Gasteiger partial charge in [-0.25, -0.2) is 0 Å². The Morgan fingerprint density at radius 1 is 1.30 bits per heavy atom. The summed E-state index contributed by atoms with van der Waals surface area (Å²) < 4.78 is 0. The molecule has 1 amide bonds. The first-order valence-electron chi connectivity index (χ1n) is 6.57. The topological polar surface area (TPSA) is 58.4 Å². The molecule has 2 rings (SSSR count). The summed E-state index contributed by atoms with van der Waals surface area (Å²) in [5, 5.41) is 2.98. The SMILES string of the molecule is CC(CN)C(=O)Nc1ccccc1N1CCCC1.Cl.Cl. The smallest absolute Gasteiger partial charge is 0.228 e. The zero-order chi connectivity index (χ0) is 13.0. The Labute approximate surface area is 132 Å². The summed E-state index contributed by atoms with van der Waals surface area (Å²) in [6.07, 6.45) is 2.45. The second kappa shape index (κ2) is 9.06. The summed E-state index contributed by atoms with van der Waals surface area (Å²) >= 11 is 0. The van der Waals surface area contributed by atoms with Crippen LogP contribution in [-0.2, 0) is 4.79 Å². The third-order valence-corrected chi connectivity index (χ3v) is 3.41. The number of hydrogen-bond acceptors (Lipinski definition) is 3. The van der Waals surface area contributed by atoms with Gasteiger partial charge in [0.15, 0.2) is 0 Å². The molecule has 1 aromatic rings. The molecule has 0 saturated carbocycles. The fourth-order valence-electron chi connectivity index (χ4n) is 2.18. The summed E-state index contributed by atoms with van der Waals surface area (Å²) in [6, 6.07) is 7.97. The summed E-state index contributed by atoms with van der Waals surface area (Å²) in [7, 11) is 0. The van der Waals surface area contributed by atoms with E-state index in [-0.39, 0.29) is 36.6 Å². The van der Waals surface area contributed by atoms with Crippen LogP contribution in [0.25, 0.3) is 0 Å². The first-order chi connectivity index (χ1) is 8.72. The maximum absolute atomic E-state index is 11.9. The highest BCUT2D eigenvalue weighted by Gasteiger charge is 2.18. The predicted molar refractivity (Wildman–Crippen MR) is 89.2 cm³/mol. The molecule has 3 N–H and O–H groups in total. The largest absolute Gasteiger partial charge is 0.370 e. The van der Waals surface area contributed by atoms with Crippen LogP contribution in [0.4, 0.5) is 11.4 Å². The van der Waals surface area contributed by atoms with Crippen molar-refractivity contribution in [1.29, 1.82) is 0 Å². The molecular weight excluding hydrogens is 297 g/mol. The number of para-hydroxylation sites is 2. The lowest BCUT2D eigenvalue weighted by Crippen LogP contribution is -2.28. The van der Waals surface area contributed by atoms with Gasteiger partial charge in [0.05, 0.1) is 11.4 Å². The average molecular weight is 320 g/mol. The summed E-state index contributed by atoms with van der Waals surface area (Å²) in [5.74, 6) is -0.166. The van der Waals surface area contributed by atoms with E-state index < -0.39 is 0 Å². The van der Waals surface area contributed by atoms with Crippen molar-refractivity contribution >= 4 is 42.1 Å². The minimum absolute atomic E-state index is 0. The molecule has 1 unspecified atom stereocenters. The molecule has 1 heterocycles. The van der Waals surface area contributed by atoms with Crippen molar-refractivity contribution in [3.8, 4) is 0 Å². The molecular formula is C14H23Cl2N3O. The second-order valence-electron chi connectivity index (χ2n) is 4.84. The Kier molecular flexibility index (Phi) is 8.62. The number of amides is 1. The number of benzene rings is 1. The fraction of sp³-hybridized carbons (Fsp3) is 0.500. The van der Waals surface area contributed by atoms with Crippen LogP contribution in [0.1, 0.15) is 19.8 Å². The van der Waals surface area contributed by atoms with Gasteiger partial charge in [0.25, 0.3) is 0 Å². The van der Waals surface area contributed by atoms with Gasteiger partial charge in [0, 0.05) is 25.6 Å². The molecule has 114 valence electrons. The van der Waals surface area contributed by atoms with Crippen molar-refractivity contribution in [1.82, 2.24) is 0 Å². The van der Waals surface area contributed by atoms with Crippen LogP contribution in [0.15, 0.2) is 24.3 Å². The first-order valence-corrected chi connectivity index (χ1v) is 6.57. The normalized spacial score (nSPS) is 15.0. The molecule has 20 heavy (non-hydrogen) atoms. The molecule has 1 aliphatic rings. The number of carbonyl (C=O) groups excluding carboxylic acids is 1. The van der Waals surface area contributed by atoms with Crippen molar-refractivity contribution in [3.05, 3.63) is 24.3 Å². The quantitative estimate of drug-likeness (QED) is 0.897. The molecule has 0 aromatic heterocycles. The van der Waals surface area contributed by atoms with Crippen LogP contribution >= 0.6 is 24.8 Å². The molecule has 0 bridgehead atoms. The summed E-state index contributed by atoms with van der Waals surface area (Å²) in [4.78, 5) is 14.2. The zero-order valence-electron chi connectivity index (χ0n) is 11.7. The molecule has 1 aliphatic heterocycles. The first kappa shape index (κ1) is 19.0. The van der Waals surface area contributed by atoms with E-state index in [4.69, 9.17) is 5.73 Å². The molecule has 0 aliphatic carbocycles. The predicted octanol–water partition coefficient (Wildman–Crippen LogP) is 2.66. The standard InChI is InChI=1S/C14H21N3O.2ClH/c1-11(10-15)14(18)16-12-6-2-3-7-13(12)17-8-4-5-9-17;;/h2-3,6-7,11H,4-5,8-10,15H2,1H3,(H,16,18);2*1H. The van der Waals surface area contributed by atoms with Gasteiger partial charge in [-0.15, -0.1) is 24.8 Å². The Bertz CT molecular complexity index is 423. The minimum Gasteiger partial charge on any atom is -0.370 e. The lowest BCUT2D eigenvalue weighted by Gasteiger charge is -2.22. The molecule has 6 heteroatoms. The van der Waals surface area contributed by atoms with Gasteiger partial charge in [0.2, 0.25) is 5.91 Å². The number of hydrogen-bond donors (Lipinski definition) is 2. The lowest BCUT2D eigenvalue weighted by molar-refractivity contribution is -0.119. The average Bonchev–Trinajstić information content (AvgIpc) is 2.92. The molecule has 4 nitrogen and oxygen atoms in total. The van der Waals surface area contributed by atoms with E-state index in [1.54, 1.807) is 0 Å². The fourth-order valence-corrected chi connectivity index (χ4v) is 2.18. The third-order valence-electron chi connectivity index (χ3n) is 3.41. The van der Waals surface area contributed by atoms with E-state index in [1.807, 2.05) is 25.1 Å². The summed E-state index contributed by atoms with van der Waals surface area (Å²) in [6.45, 7) is 4.35. The molecule has 1 atom stereocenters. The minimum atomic E-state index is -0.156. The van der Waals surface area contributed by atoms with Crippen molar-refractivity contribution < 1.29 is 4.79 Å². The highest BCUT2D eigenvalue weighted by atomic mass is 35.5. The monoisotopic (exact) mass is 319 g/mol. The Morgan fingerprint density at radius 3 is 2.50 bits per heavy atom. The van der Waals surface area contributed by atoms with Crippen LogP contribution in [0.5, 0.6) is 0 Å². The van der Waals surface area contributed by atoms with Crippen LogP contribution in [0.3, 0.4) is 0 Å². The molecule has 1 saturated heterocycles. The number of nitrogens with two attached hydrogens (primary N) is 1. The van der Waals surface area contributed by atoms with E-state index in [2.05, 4.69) is 16.3 Å². The maximum atomic E-state index is 11.9. The maximum Gasteiger partial charge on any atom is 0.228 e. The highest BCUT2D eigenvalue weighted by Crippen LogP contribution is 2.28. The molecule has 1 fully saturated rings. The second-order valence-corrected chi connectivity index (χ2v) is 4.84. The number of nitrogens with one attached hydrogen (secondary N) is 1. The third kappa shape index (κ3) is 4.54. The molecule has 0 radical (unpaired) electrons. The lowest BCUT2D eigenvalue weighted by atomic mass is 10.1. The van der Waals surface area contributed by atoms with Crippen molar-refractivity contribution in [2.24, 2.45) is 11.7 Å². The van der Waals surface area contributed by atoms with Crippen molar-refractivity contribution in [3.63, 3.8) is 0 Å². The van der Waals surface area contributed by atoms with Gasteiger partial charge < -0.3 is 16.0 Å². The van der Waals surface area contributed by atoms with Gasteiger partial charge in [-0.3, -0.25) is 4.79 Å². The van der Waals surface area contributed by atoms with E-state index in [0.717, 1.165) is 24.5 Å². The Morgan fingerprint density at radius 2 is 1.90 bits per heavy atom. The number of halogens is 2. The summed E-state index contributed by atoms with van der Waals surface area (Å²) in [5.41, 5.74) is 7.53. The van der Waals surface area contributed by atoms with Crippen molar-refractivity contribution in [2.75, 3.05) is 29.9 Å². The number of anilines is 2. The van der Waals surface area contributed by atoms with E-state index in [9.17, 15) is 4.79 Å². The molecule has 0 spiro atoms. The van der Waals surface area contributed by atoms with Crippen LogP contribution in [0, 0.1) is 5.92 Å². The van der Waals surface area contributed by atoms with Gasteiger partial charge in [0.1, 0.15) is 0 Å². The van der Waals surface area contributed by atoms with E-state index in [1.165, 1.54) is 12.8 Å². The van der Waals surface area contributed by atoms with Gasteiger partial charge in [-0.2, -0.15) is 0 Å². The Balaban J connectivity index is 0.00000180. The number of carbonyl (C=O) groups is 1. The van der Waals surface area contributed by atoms with E-state index >= 15 is 0 Å². The number of rotatable bonds is 4. The van der Waals surface area contributed by atoms with Crippen LogP contribution in [-0.4, -0.2) is 25.5 Å². The van der Waals surface area contributed by atoms with Gasteiger partial charge in [-0.05, 0) is 25.0 Å². The zero-order valence-corrected chi connectivity index (χ0v) is 13.3. The van der Waals surface area contributed by atoms with Crippen LogP contribution < -0.4 is 16.0 Å². The molecule has 1 aromatic carbocycles. The van der Waals surface area contributed by atoms with Gasteiger partial charge >= 0.3 is 0 Å².